The number of nitrogen functional groups attached to an aromatic ring is 1. The van der Waals surface area contributed by atoms with Gasteiger partial charge in [-0.3, -0.25) is 9.69 Å². The van der Waals surface area contributed by atoms with E-state index in [2.05, 4.69) is 4.90 Å². The fourth-order valence-corrected chi connectivity index (χ4v) is 3.03. The van der Waals surface area contributed by atoms with Crippen LogP contribution in [0.2, 0.25) is 0 Å². The second kappa shape index (κ2) is 8.58. The zero-order valence-electron chi connectivity index (χ0n) is 12.4. The van der Waals surface area contributed by atoms with Gasteiger partial charge in [0, 0.05) is 37.9 Å². The Bertz CT molecular complexity index is 495. The first-order valence-electron chi connectivity index (χ1n) is 7.21. The molecule has 2 fully saturated rings. The molecule has 5 nitrogen and oxygen atoms in total. The van der Waals surface area contributed by atoms with Crippen LogP contribution < -0.4 is 5.73 Å². The van der Waals surface area contributed by atoms with Gasteiger partial charge in [-0.1, -0.05) is 12.1 Å². The van der Waals surface area contributed by atoms with Crippen LogP contribution in [0.5, 0.6) is 0 Å². The van der Waals surface area contributed by atoms with Crippen LogP contribution in [-0.4, -0.2) is 61.1 Å². The number of carbonyl (C=O) groups excluding carboxylic acids is 1. The molecule has 0 aliphatic carbocycles. The first-order chi connectivity index (χ1) is 9.75. The van der Waals surface area contributed by atoms with Crippen LogP contribution in [-0.2, 0) is 4.74 Å². The summed E-state index contributed by atoms with van der Waals surface area (Å²) in [5.74, 6) is 0.0545. The standard InChI is InChI=1S/C15H21N3O2.2ClH/c16-14-4-2-1-3-13(14)15(19)18-6-5-12(11-18)17-7-9-20-10-8-17;;/h1-4,12H,5-11,16H2;2*1H. The molecule has 1 aromatic rings. The van der Waals surface area contributed by atoms with E-state index in [-0.39, 0.29) is 30.7 Å². The molecule has 2 heterocycles. The molecular weight excluding hydrogens is 325 g/mol. The minimum absolute atomic E-state index is 0. The van der Waals surface area contributed by atoms with Crippen LogP contribution in [0.4, 0.5) is 5.69 Å². The summed E-state index contributed by atoms with van der Waals surface area (Å²) in [6, 6.07) is 7.77. The second-order valence-corrected chi connectivity index (χ2v) is 5.43. The highest BCUT2D eigenvalue weighted by Crippen LogP contribution is 2.21. The van der Waals surface area contributed by atoms with E-state index in [0.717, 1.165) is 45.8 Å². The molecule has 1 atom stereocenters. The summed E-state index contributed by atoms with van der Waals surface area (Å²) in [6.07, 6.45) is 1.04. The monoisotopic (exact) mass is 347 g/mol. The van der Waals surface area contributed by atoms with Gasteiger partial charge in [-0.15, -0.1) is 24.8 Å². The van der Waals surface area contributed by atoms with E-state index < -0.39 is 0 Å². The number of para-hydroxylation sites is 1. The summed E-state index contributed by atoms with van der Waals surface area (Å²) in [5.41, 5.74) is 7.07. The van der Waals surface area contributed by atoms with E-state index in [9.17, 15) is 4.79 Å². The number of hydrogen-bond acceptors (Lipinski definition) is 4. The Morgan fingerprint density at radius 2 is 1.82 bits per heavy atom. The molecule has 3 rings (SSSR count). The number of rotatable bonds is 2. The average molecular weight is 348 g/mol. The minimum atomic E-state index is 0. The number of likely N-dealkylation sites (tertiary alicyclic amines) is 1. The topological polar surface area (TPSA) is 58.8 Å². The molecule has 22 heavy (non-hydrogen) atoms. The molecule has 2 N–H and O–H groups in total. The zero-order valence-corrected chi connectivity index (χ0v) is 14.1. The van der Waals surface area contributed by atoms with Gasteiger partial charge in [0.05, 0.1) is 18.8 Å². The van der Waals surface area contributed by atoms with Gasteiger partial charge in [0.2, 0.25) is 0 Å². The van der Waals surface area contributed by atoms with Crippen molar-refractivity contribution in [2.75, 3.05) is 45.1 Å². The molecule has 2 aliphatic rings. The van der Waals surface area contributed by atoms with Crippen LogP contribution >= 0.6 is 24.8 Å². The number of hydrogen-bond donors (Lipinski definition) is 1. The normalized spacial score (nSPS) is 21.8. The molecule has 1 amide bonds. The maximum atomic E-state index is 12.5. The number of amides is 1. The largest absolute Gasteiger partial charge is 0.398 e. The van der Waals surface area contributed by atoms with E-state index in [0.29, 0.717) is 17.3 Å². The predicted molar refractivity (Wildman–Crippen MR) is 92.1 cm³/mol. The van der Waals surface area contributed by atoms with E-state index >= 15 is 0 Å². The van der Waals surface area contributed by atoms with Crippen molar-refractivity contribution in [3.05, 3.63) is 29.8 Å². The van der Waals surface area contributed by atoms with Gasteiger partial charge in [0.15, 0.2) is 0 Å². The molecule has 1 aromatic carbocycles. The number of halogens is 2. The van der Waals surface area contributed by atoms with Crippen molar-refractivity contribution >= 4 is 36.4 Å². The van der Waals surface area contributed by atoms with E-state index in [4.69, 9.17) is 10.5 Å². The Morgan fingerprint density at radius 3 is 2.50 bits per heavy atom. The summed E-state index contributed by atoms with van der Waals surface area (Å²) in [5, 5.41) is 0. The number of nitrogens with zero attached hydrogens (tertiary/aromatic N) is 2. The van der Waals surface area contributed by atoms with Crippen molar-refractivity contribution in [2.45, 2.75) is 12.5 Å². The molecule has 7 heteroatoms. The van der Waals surface area contributed by atoms with Crippen molar-refractivity contribution in [1.29, 1.82) is 0 Å². The highest BCUT2D eigenvalue weighted by molar-refractivity contribution is 5.99. The Kier molecular flexibility index (Phi) is 7.42. The van der Waals surface area contributed by atoms with Crippen LogP contribution in [0.15, 0.2) is 24.3 Å². The van der Waals surface area contributed by atoms with Crippen LogP contribution in [0.25, 0.3) is 0 Å². The summed E-state index contributed by atoms with van der Waals surface area (Å²) in [7, 11) is 0. The molecule has 1 unspecified atom stereocenters. The highest BCUT2D eigenvalue weighted by atomic mass is 35.5. The molecule has 2 saturated heterocycles. The number of carbonyl (C=O) groups is 1. The van der Waals surface area contributed by atoms with E-state index in [1.807, 2.05) is 17.0 Å². The van der Waals surface area contributed by atoms with Crippen molar-refractivity contribution in [1.82, 2.24) is 9.80 Å². The molecule has 0 spiro atoms. The molecule has 124 valence electrons. The van der Waals surface area contributed by atoms with Gasteiger partial charge < -0.3 is 15.4 Å². The van der Waals surface area contributed by atoms with Crippen molar-refractivity contribution in [3.63, 3.8) is 0 Å². The molecule has 0 saturated carbocycles. The summed E-state index contributed by atoms with van der Waals surface area (Å²) >= 11 is 0. The molecular formula is C15H23Cl2N3O2. The lowest BCUT2D eigenvalue weighted by Crippen LogP contribution is -2.45. The van der Waals surface area contributed by atoms with Gasteiger partial charge in [-0.25, -0.2) is 0 Å². The van der Waals surface area contributed by atoms with Crippen molar-refractivity contribution in [3.8, 4) is 0 Å². The second-order valence-electron chi connectivity index (χ2n) is 5.43. The fourth-order valence-electron chi connectivity index (χ4n) is 3.03. The van der Waals surface area contributed by atoms with Gasteiger partial charge in [-0.2, -0.15) is 0 Å². The maximum Gasteiger partial charge on any atom is 0.255 e. The lowest BCUT2D eigenvalue weighted by Gasteiger charge is -2.32. The Labute approximate surface area is 143 Å². The summed E-state index contributed by atoms with van der Waals surface area (Å²) < 4.78 is 5.38. The third kappa shape index (κ3) is 4.04. The minimum Gasteiger partial charge on any atom is -0.398 e. The zero-order chi connectivity index (χ0) is 13.9. The lowest BCUT2D eigenvalue weighted by atomic mass is 10.1. The van der Waals surface area contributed by atoms with Crippen molar-refractivity contribution < 1.29 is 9.53 Å². The smallest absolute Gasteiger partial charge is 0.255 e. The highest BCUT2D eigenvalue weighted by Gasteiger charge is 2.31. The van der Waals surface area contributed by atoms with Gasteiger partial charge in [-0.05, 0) is 18.6 Å². The number of ether oxygens (including phenoxy) is 1. The Hall–Kier alpha value is -1.01. The fraction of sp³-hybridized carbons (Fsp3) is 0.533. The lowest BCUT2D eigenvalue weighted by molar-refractivity contribution is 0.0185. The molecule has 0 radical (unpaired) electrons. The van der Waals surface area contributed by atoms with Crippen LogP contribution in [0.1, 0.15) is 16.8 Å². The number of anilines is 1. The maximum absolute atomic E-state index is 12.5. The quantitative estimate of drug-likeness (QED) is 0.826. The third-order valence-corrected chi connectivity index (χ3v) is 4.20. The van der Waals surface area contributed by atoms with Gasteiger partial charge in [0.1, 0.15) is 0 Å². The number of nitrogens with two attached hydrogens (primary N) is 1. The van der Waals surface area contributed by atoms with Crippen molar-refractivity contribution in [2.24, 2.45) is 0 Å². The number of benzene rings is 1. The Balaban J connectivity index is 0.00000121. The first-order valence-corrected chi connectivity index (χ1v) is 7.21. The van der Waals surface area contributed by atoms with E-state index in [1.165, 1.54) is 0 Å². The predicted octanol–water partition coefficient (Wildman–Crippen LogP) is 1.66. The van der Waals surface area contributed by atoms with E-state index in [1.54, 1.807) is 12.1 Å². The average Bonchev–Trinajstić information content (AvgIpc) is 2.98. The molecule has 0 bridgehead atoms. The first kappa shape index (κ1) is 19.0. The van der Waals surface area contributed by atoms with Crippen LogP contribution in [0, 0.1) is 0 Å². The Morgan fingerprint density at radius 1 is 1.14 bits per heavy atom. The summed E-state index contributed by atoms with van der Waals surface area (Å²) in [6.45, 7) is 5.16. The molecule has 0 aromatic heterocycles. The van der Waals surface area contributed by atoms with Gasteiger partial charge >= 0.3 is 0 Å². The van der Waals surface area contributed by atoms with Gasteiger partial charge in [0.25, 0.3) is 5.91 Å². The SMILES string of the molecule is Cl.Cl.Nc1ccccc1C(=O)N1CCC(N2CCOCC2)C1. The van der Waals surface area contributed by atoms with Crippen LogP contribution in [0.3, 0.4) is 0 Å². The third-order valence-electron chi connectivity index (χ3n) is 4.20. The number of morpholine rings is 1. The summed E-state index contributed by atoms with van der Waals surface area (Å²) in [4.78, 5) is 16.9. The molecule has 2 aliphatic heterocycles.